The number of ether oxygens (including phenoxy) is 2. The average molecular weight is 786 g/mol. The number of hydrogen-bond acceptors (Lipinski definition) is 4. The number of alkyl halides is 2. The molecule has 0 aliphatic heterocycles. The Labute approximate surface area is 344 Å². The molecule has 0 amide bonds. The van der Waals surface area contributed by atoms with E-state index in [-0.39, 0.29) is 10.8 Å². The van der Waals surface area contributed by atoms with Gasteiger partial charge >= 0.3 is 0 Å². The second kappa shape index (κ2) is 18.4. The van der Waals surface area contributed by atoms with Crippen LogP contribution in [0.5, 0.6) is 11.5 Å². The van der Waals surface area contributed by atoms with Gasteiger partial charge in [0.05, 0.1) is 13.2 Å². The van der Waals surface area contributed by atoms with Gasteiger partial charge in [0.25, 0.3) is 0 Å². The molecule has 0 N–H and O–H groups in total. The fourth-order valence-corrected chi connectivity index (χ4v) is 6.81. The summed E-state index contributed by atoms with van der Waals surface area (Å²) in [6.07, 6.45) is 1.63. The molecule has 6 aromatic rings. The van der Waals surface area contributed by atoms with Crippen LogP contribution in [0.15, 0.2) is 146 Å². The van der Waals surface area contributed by atoms with E-state index in [2.05, 4.69) is 173 Å². The number of hydrogen-bond donors (Lipinski definition) is 0. The molecule has 0 fully saturated rings. The molecule has 6 heteroatoms. The Bertz CT molecular complexity index is 1940. The van der Waals surface area contributed by atoms with Crippen molar-refractivity contribution in [1.82, 2.24) is 0 Å². The molecule has 56 heavy (non-hydrogen) atoms. The van der Waals surface area contributed by atoms with Gasteiger partial charge in [-0.05, 0) is 143 Å². The molecule has 6 aromatic carbocycles. The van der Waals surface area contributed by atoms with Gasteiger partial charge in [-0.3, -0.25) is 0 Å². The summed E-state index contributed by atoms with van der Waals surface area (Å²) in [7, 11) is 0. The molecule has 0 saturated carbocycles. The van der Waals surface area contributed by atoms with Crippen LogP contribution < -0.4 is 19.3 Å². The van der Waals surface area contributed by atoms with E-state index in [0.29, 0.717) is 25.0 Å². The van der Waals surface area contributed by atoms with Gasteiger partial charge in [0.1, 0.15) is 11.5 Å². The van der Waals surface area contributed by atoms with Crippen molar-refractivity contribution in [3.8, 4) is 22.6 Å². The fourth-order valence-electron chi connectivity index (χ4n) is 6.59. The summed E-state index contributed by atoms with van der Waals surface area (Å²) < 4.78 is 11.8. The maximum atomic E-state index is 5.91. The van der Waals surface area contributed by atoms with Gasteiger partial charge in [-0.25, -0.2) is 0 Å². The zero-order valence-electron chi connectivity index (χ0n) is 33.6. The van der Waals surface area contributed by atoms with E-state index in [1.165, 1.54) is 11.1 Å². The summed E-state index contributed by atoms with van der Waals surface area (Å²) in [5, 5.41) is 0. The van der Waals surface area contributed by atoms with Crippen molar-refractivity contribution in [1.29, 1.82) is 0 Å². The first kappa shape index (κ1) is 40.8. The molecule has 0 atom stereocenters. The number of benzene rings is 6. The predicted molar refractivity (Wildman–Crippen MR) is 240 cm³/mol. The van der Waals surface area contributed by atoms with Crippen LogP contribution in [0.2, 0.25) is 0 Å². The molecule has 0 aromatic heterocycles. The molecule has 290 valence electrons. The third-order valence-electron chi connectivity index (χ3n) is 9.85. The Hall–Kier alpha value is -4.90. The quantitative estimate of drug-likeness (QED) is 0.0765. The SMILES string of the molecule is CC(C)(C)c1ccc(N(c2ccc(OCCCCl)cc2)c2ccc(-c3ccc(N(c4ccc(OCCCCl)cc4)c4ccc(C(C)(C)C)cc4)cc3)cc2)cc1. The summed E-state index contributed by atoms with van der Waals surface area (Å²) in [5.41, 5.74) is 11.5. The van der Waals surface area contributed by atoms with Crippen LogP contribution in [0.3, 0.4) is 0 Å². The molecule has 0 bridgehead atoms. The fraction of sp³-hybridized carbons (Fsp3) is 0.280. The Morgan fingerprint density at radius 3 is 0.875 bits per heavy atom. The summed E-state index contributed by atoms with van der Waals surface area (Å²) >= 11 is 11.7. The third-order valence-corrected chi connectivity index (χ3v) is 10.4. The maximum Gasteiger partial charge on any atom is 0.119 e. The lowest BCUT2D eigenvalue weighted by Gasteiger charge is -2.27. The molecule has 6 rings (SSSR count). The summed E-state index contributed by atoms with van der Waals surface area (Å²) in [5.74, 6) is 2.85. The first-order valence-corrected chi connectivity index (χ1v) is 20.6. The first-order chi connectivity index (χ1) is 26.9. The molecule has 0 heterocycles. The van der Waals surface area contributed by atoms with Crippen LogP contribution >= 0.6 is 23.2 Å². The average Bonchev–Trinajstić information content (AvgIpc) is 3.20. The Morgan fingerprint density at radius 1 is 0.375 bits per heavy atom. The second-order valence-electron chi connectivity index (χ2n) is 16.1. The zero-order valence-corrected chi connectivity index (χ0v) is 35.1. The lowest BCUT2D eigenvalue weighted by atomic mass is 9.87. The number of rotatable bonds is 15. The molecule has 0 unspecified atom stereocenters. The van der Waals surface area contributed by atoms with Crippen LogP contribution in [0.25, 0.3) is 11.1 Å². The summed E-state index contributed by atoms with van der Waals surface area (Å²) in [4.78, 5) is 4.58. The van der Waals surface area contributed by atoms with Crippen LogP contribution in [0.1, 0.15) is 65.5 Å². The molecule has 0 aliphatic rings. The van der Waals surface area contributed by atoms with Crippen molar-refractivity contribution in [2.45, 2.75) is 65.2 Å². The predicted octanol–water partition coefficient (Wildman–Crippen LogP) is 14.9. The topological polar surface area (TPSA) is 24.9 Å². The summed E-state index contributed by atoms with van der Waals surface area (Å²) in [6, 6.07) is 52.0. The monoisotopic (exact) mass is 784 g/mol. The molecule has 0 radical (unpaired) electrons. The first-order valence-electron chi connectivity index (χ1n) is 19.5. The van der Waals surface area contributed by atoms with Crippen LogP contribution in [0, 0.1) is 0 Å². The third kappa shape index (κ3) is 10.3. The van der Waals surface area contributed by atoms with Gasteiger partial charge < -0.3 is 19.3 Å². The van der Waals surface area contributed by atoms with Crippen molar-refractivity contribution in [2.75, 3.05) is 34.8 Å². The Kier molecular flexibility index (Phi) is 13.4. The number of anilines is 6. The van der Waals surface area contributed by atoms with E-state index < -0.39 is 0 Å². The highest BCUT2D eigenvalue weighted by Crippen LogP contribution is 2.40. The van der Waals surface area contributed by atoms with Crippen molar-refractivity contribution < 1.29 is 9.47 Å². The molecule has 4 nitrogen and oxygen atoms in total. The number of nitrogens with zero attached hydrogens (tertiary/aromatic N) is 2. The lowest BCUT2D eigenvalue weighted by Crippen LogP contribution is -2.13. The van der Waals surface area contributed by atoms with Crippen LogP contribution in [-0.2, 0) is 10.8 Å². The van der Waals surface area contributed by atoms with Crippen molar-refractivity contribution in [3.63, 3.8) is 0 Å². The molecule has 0 spiro atoms. The van der Waals surface area contributed by atoms with E-state index >= 15 is 0 Å². The Balaban J connectivity index is 1.29. The van der Waals surface area contributed by atoms with E-state index in [1.54, 1.807) is 0 Å². The minimum atomic E-state index is 0.0697. The van der Waals surface area contributed by atoms with Crippen LogP contribution in [-0.4, -0.2) is 25.0 Å². The van der Waals surface area contributed by atoms with Crippen molar-refractivity contribution in [2.24, 2.45) is 0 Å². The zero-order chi connectivity index (χ0) is 39.7. The van der Waals surface area contributed by atoms with E-state index in [4.69, 9.17) is 32.7 Å². The van der Waals surface area contributed by atoms with Crippen molar-refractivity contribution in [3.05, 3.63) is 157 Å². The van der Waals surface area contributed by atoms with Gasteiger partial charge in [-0.2, -0.15) is 0 Å². The largest absolute Gasteiger partial charge is 0.494 e. The second-order valence-corrected chi connectivity index (χ2v) is 16.9. The van der Waals surface area contributed by atoms with Gasteiger partial charge in [-0.15, -0.1) is 23.2 Å². The van der Waals surface area contributed by atoms with Gasteiger partial charge in [0.15, 0.2) is 0 Å². The van der Waals surface area contributed by atoms with Gasteiger partial charge in [-0.1, -0.05) is 90.1 Å². The Morgan fingerprint density at radius 2 is 0.625 bits per heavy atom. The highest BCUT2D eigenvalue weighted by molar-refractivity contribution is 6.18. The lowest BCUT2D eigenvalue weighted by molar-refractivity contribution is 0.318. The van der Waals surface area contributed by atoms with Crippen molar-refractivity contribution >= 4 is 57.3 Å². The highest BCUT2D eigenvalue weighted by atomic mass is 35.5. The van der Waals surface area contributed by atoms with Crippen LogP contribution in [0.4, 0.5) is 34.1 Å². The molecular weight excluding hydrogens is 731 g/mol. The van der Waals surface area contributed by atoms with Gasteiger partial charge in [0.2, 0.25) is 0 Å². The molecular formula is C50H54Cl2N2O2. The smallest absolute Gasteiger partial charge is 0.119 e. The van der Waals surface area contributed by atoms with E-state index in [1.807, 2.05) is 24.3 Å². The maximum absolute atomic E-state index is 5.91. The van der Waals surface area contributed by atoms with E-state index in [9.17, 15) is 0 Å². The van der Waals surface area contributed by atoms with Gasteiger partial charge in [0, 0.05) is 45.9 Å². The molecule has 0 aliphatic carbocycles. The highest BCUT2D eigenvalue weighted by Gasteiger charge is 2.19. The number of halogens is 2. The normalized spacial score (nSPS) is 11.6. The minimum Gasteiger partial charge on any atom is -0.494 e. The standard InChI is InChI=1S/C50H54Cl2N2O2/c1-49(2,3)39-13-21-43(22-14-39)53(45-25-29-47(30-26-45)55-35-7-33-51)41-17-9-37(10-18-41)38-11-19-42(20-12-38)54(44-23-15-40(16-24-44)50(4,5)6)46-27-31-48(32-28-46)56-36-8-34-52/h9-32H,7-8,33-36H2,1-6H3. The minimum absolute atomic E-state index is 0.0697. The summed E-state index contributed by atoms with van der Waals surface area (Å²) in [6.45, 7) is 14.7. The van der Waals surface area contributed by atoms with E-state index in [0.717, 1.165) is 69.6 Å². The molecule has 0 saturated heterocycles.